The van der Waals surface area contributed by atoms with Crippen molar-refractivity contribution >= 4 is 17.0 Å². The minimum Gasteiger partial charge on any atom is -0.480 e. The average molecular weight is 274 g/mol. The predicted octanol–water partition coefficient (Wildman–Crippen LogP) is 3.80. The zero-order chi connectivity index (χ0) is 14.5. The van der Waals surface area contributed by atoms with Crippen molar-refractivity contribution in [3.05, 3.63) is 30.1 Å². The molecule has 0 aliphatic rings. The van der Waals surface area contributed by atoms with Gasteiger partial charge in [0.05, 0.1) is 11.0 Å². The van der Waals surface area contributed by atoms with Crippen LogP contribution in [0.3, 0.4) is 0 Å². The number of rotatable bonds is 7. The SMILES string of the molecule is CCCCC(CC)c1nc2ccccc2n1CC(=O)O. The molecule has 108 valence electrons. The van der Waals surface area contributed by atoms with E-state index in [1.54, 1.807) is 0 Å². The molecule has 2 rings (SSSR count). The fraction of sp³-hybridized carbons (Fsp3) is 0.500. The van der Waals surface area contributed by atoms with Gasteiger partial charge in [-0.25, -0.2) is 4.98 Å². The van der Waals surface area contributed by atoms with Crippen molar-refractivity contribution in [3.63, 3.8) is 0 Å². The highest BCUT2D eigenvalue weighted by Gasteiger charge is 2.19. The largest absolute Gasteiger partial charge is 0.480 e. The van der Waals surface area contributed by atoms with Crippen LogP contribution in [0.2, 0.25) is 0 Å². The molecule has 0 amide bonds. The summed E-state index contributed by atoms with van der Waals surface area (Å²) in [4.78, 5) is 15.8. The first kappa shape index (κ1) is 14.6. The average Bonchev–Trinajstić information content (AvgIpc) is 2.78. The van der Waals surface area contributed by atoms with E-state index in [2.05, 4.69) is 18.8 Å². The molecule has 4 heteroatoms. The number of carbonyl (C=O) groups is 1. The van der Waals surface area contributed by atoms with E-state index < -0.39 is 5.97 Å². The molecule has 1 aromatic heterocycles. The molecule has 4 nitrogen and oxygen atoms in total. The fourth-order valence-corrected chi connectivity index (χ4v) is 2.67. The molecule has 20 heavy (non-hydrogen) atoms. The lowest BCUT2D eigenvalue weighted by Gasteiger charge is -2.15. The van der Waals surface area contributed by atoms with Crippen LogP contribution in [0, 0.1) is 0 Å². The van der Waals surface area contributed by atoms with Crippen LogP contribution < -0.4 is 0 Å². The molecule has 0 aliphatic heterocycles. The van der Waals surface area contributed by atoms with E-state index in [1.165, 1.54) is 0 Å². The summed E-state index contributed by atoms with van der Waals surface area (Å²) >= 11 is 0. The quantitative estimate of drug-likeness (QED) is 0.835. The van der Waals surface area contributed by atoms with Crippen LogP contribution in [-0.4, -0.2) is 20.6 Å². The number of para-hydroxylation sites is 2. The fourth-order valence-electron chi connectivity index (χ4n) is 2.67. The van der Waals surface area contributed by atoms with Crippen LogP contribution in [-0.2, 0) is 11.3 Å². The molecular formula is C16H22N2O2. The summed E-state index contributed by atoms with van der Waals surface area (Å²) in [5.41, 5.74) is 1.80. The van der Waals surface area contributed by atoms with Gasteiger partial charge in [0, 0.05) is 5.92 Å². The van der Waals surface area contributed by atoms with E-state index >= 15 is 0 Å². The van der Waals surface area contributed by atoms with Gasteiger partial charge in [0.1, 0.15) is 12.4 Å². The molecule has 0 saturated carbocycles. The van der Waals surface area contributed by atoms with E-state index in [-0.39, 0.29) is 6.54 Å². The number of aromatic nitrogens is 2. The molecule has 0 saturated heterocycles. The third-order valence-corrected chi connectivity index (χ3v) is 3.74. The minimum absolute atomic E-state index is 0.0154. The number of fused-ring (bicyclic) bond motifs is 1. The number of nitrogens with zero attached hydrogens (tertiary/aromatic N) is 2. The van der Waals surface area contributed by atoms with Gasteiger partial charge in [-0.15, -0.1) is 0 Å². The topological polar surface area (TPSA) is 55.1 Å². The molecule has 2 aromatic rings. The van der Waals surface area contributed by atoms with Gasteiger partial charge in [0.25, 0.3) is 0 Å². The third kappa shape index (κ3) is 3.00. The monoisotopic (exact) mass is 274 g/mol. The lowest BCUT2D eigenvalue weighted by Crippen LogP contribution is -2.14. The summed E-state index contributed by atoms with van der Waals surface area (Å²) in [6.07, 6.45) is 4.35. The Bertz CT molecular complexity index is 589. The summed E-state index contributed by atoms with van der Waals surface area (Å²) in [7, 11) is 0. The van der Waals surface area contributed by atoms with Crippen LogP contribution in [0.25, 0.3) is 11.0 Å². The van der Waals surface area contributed by atoms with Crippen molar-refractivity contribution in [1.82, 2.24) is 9.55 Å². The molecule has 1 N–H and O–H groups in total. The third-order valence-electron chi connectivity index (χ3n) is 3.74. The molecule has 1 unspecified atom stereocenters. The molecule has 0 radical (unpaired) electrons. The summed E-state index contributed by atoms with van der Waals surface area (Å²) in [6, 6.07) is 7.77. The zero-order valence-electron chi connectivity index (χ0n) is 12.2. The molecular weight excluding hydrogens is 252 g/mol. The highest BCUT2D eigenvalue weighted by molar-refractivity contribution is 5.78. The molecule has 0 spiro atoms. The lowest BCUT2D eigenvalue weighted by molar-refractivity contribution is -0.137. The standard InChI is InChI=1S/C16H22N2O2/c1-3-5-8-12(4-2)16-17-13-9-6-7-10-14(13)18(16)11-15(19)20/h6-7,9-10,12H,3-5,8,11H2,1-2H3,(H,19,20). The zero-order valence-corrected chi connectivity index (χ0v) is 12.2. The van der Waals surface area contributed by atoms with Crippen molar-refractivity contribution in [2.75, 3.05) is 0 Å². The van der Waals surface area contributed by atoms with Gasteiger partial charge in [0.2, 0.25) is 0 Å². The van der Waals surface area contributed by atoms with Crippen LogP contribution in [0.5, 0.6) is 0 Å². The number of carboxylic acid groups (broad SMARTS) is 1. The summed E-state index contributed by atoms with van der Waals surface area (Å²) in [6.45, 7) is 4.30. The van der Waals surface area contributed by atoms with Crippen LogP contribution >= 0.6 is 0 Å². The van der Waals surface area contributed by atoms with Gasteiger partial charge >= 0.3 is 5.97 Å². The van der Waals surface area contributed by atoms with Crippen LogP contribution in [0.15, 0.2) is 24.3 Å². The first-order chi connectivity index (χ1) is 9.67. The molecule has 1 heterocycles. The Morgan fingerprint density at radius 2 is 2.10 bits per heavy atom. The van der Waals surface area contributed by atoms with E-state index in [9.17, 15) is 4.79 Å². The lowest BCUT2D eigenvalue weighted by atomic mass is 9.98. The van der Waals surface area contributed by atoms with Crippen molar-refractivity contribution in [2.24, 2.45) is 0 Å². The number of hydrogen-bond acceptors (Lipinski definition) is 2. The van der Waals surface area contributed by atoms with Gasteiger partial charge in [-0.1, -0.05) is 38.8 Å². The molecule has 1 aromatic carbocycles. The first-order valence-corrected chi connectivity index (χ1v) is 7.34. The Hall–Kier alpha value is -1.84. The summed E-state index contributed by atoms with van der Waals surface area (Å²) in [5.74, 6) is 0.436. The normalized spacial score (nSPS) is 12.7. The maximum atomic E-state index is 11.1. The Balaban J connectivity index is 2.46. The maximum absolute atomic E-state index is 11.1. The minimum atomic E-state index is -0.820. The first-order valence-electron chi connectivity index (χ1n) is 7.34. The second kappa shape index (κ2) is 6.55. The van der Waals surface area contributed by atoms with E-state index in [0.717, 1.165) is 42.5 Å². The Morgan fingerprint density at radius 3 is 2.75 bits per heavy atom. The Labute approximate surface area is 119 Å². The second-order valence-corrected chi connectivity index (χ2v) is 5.19. The van der Waals surface area contributed by atoms with Crippen molar-refractivity contribution in [3.8, 4) is 0 Å². The van der Waals surface area contributed by atoms with Crippen molar-refractivity contribution in [2.45, 2.75) is 52.0 Å². The molecule has 0 fully saturated rings. The summed E-state index contributed by atoms with van der Waals surface area (Å²) < 4.78 is 1.86. The molecule has 1 atom stereocenters. The summed E-state index contributed by atoms with van der Waals surface area (Å²) in [5, 5.41) is 9.15. The maximum Gasteiger partial charge on any atom is 0.323 e. The van der Waals surface area contributed by atoms with E-state index in [1.807, 2.05) is 28.8 Å². The number of benzene rings is 1. The van der Waals surface area contributed by atoms with Crippen LogP contribution in [0.4, 0.5) is 0 Å². The Morgan fingerprint density at radius 1 is 1.35 bits per heavy atom. The number of imidazole rings is 1. The van der Waals surface area contributed by atoms with Crippen molar-refractivity contribution in [1.29, 1.82) is 0 Å². The highest BCUT2D eigenvalue weighted by atomic mass is 16.4. The van der Waals surface area contributed by atoms with Gasteiger partial charge < -0.3 is 9.67 Å². The predicted molar refractivity (Wildman–Crippen MR) is 79.9 cm³/mol. The van der Waals surface area contributed by atoms with Gasteiger partial charge in [0.15, 0.2) is 0 Å². The molecule has 0 aliphatic carbocycles. The molecule has 0 bridgehead atoms. The number of hydrogen-bond donors (Lipinski definition) is 1. The van der Waals surface area contributed by atoms with E-state index in [0.29, 0.717) is 5.92 Å². The van der Waals surface area contributed by atoms with Crippen LogP contribution in [0.1, 0.15) is 51.3 Å². The van der Waals surface area contributed by atoms with E-state index in [4.69, 9.17) is 5.11 Å². The van der Waals surface area contributed by atoms with Gasteiger partial charge in [-0.3, -0.25) is 4.79 Å². The van der Waals surface area contributed by atoms with Gasteiger partial charge in [-0.05, 0) is 25.0 Å². The highest BCUT2D eigenvalue weighted by Crippen LogP contribution is 2.28. The smallest absolute Gasteiger partial charge is 0.323 e. The second-order valence-electron chi connectivity index (χ2n) is 5.19. The van der Waals surface area contributed by atoms with Crippen molar-refractivity contribution < 1.29 is 9.90 Å². The number of unbranched alkanes of at least 4 members (excludes halogenated alkanes) is 1. The van der Waals surface area contributed by atoms with Gasteiger partial charge in [-0.2, -0.15) is 0 Å². The number of carboxylic acids is 1. The number of aliphatic carboxylic acids is 1. The Kier molecular flexibility index (Phi) is 4.77.